The Kier molecular flexibility index (Phi) is 7.42. The molecule has 0 heterocycles. The van der Waals surface area contributed by atoms with Crippen molar-refractivity contribution in [3.8, 4) is 0 Å². The second-order valence-corrected chi connectivity index (χ2v) is 3.44. The molecule has 0 unspecified atom stereocenters. The van der Waals surface area contributed by atoms with Crippen LogP contribution >= 0.6 is 0 Å². The summed E-state index contributed by atoms with van der Waals surface area (Å²) >= 11 is 0. The number of rotatable bonds is 7. The number of carbonyl (C=O) groups excluding carboxylic acids is 1. The summed E-state index contributed by atoms with van der Waals surface area (Å²) in [6.07, 6.45) is 0. The number of hydrogen-bond donors (Lipinski definition) is 1. The van der Waals surface area contributed by atoms with Crippen LogP contribution in [0.25, 0.3) is 0 Å². The van der Waals surface area contributed by atoms with Gasteiger partial charge in [-0.3, -0.25) is 4.79 Å². The second-order valence-electron chi connectivity index (χ2n) is 3.44. The van der Waals surface area contributed by atoms with Crippen molar-refractivity contribution in [3.05, 3.63) is 0 Å². The number of carbonyl (C=O) groups is 1. The summed E-state index contributed by atoms with van der Waals surface area (Å²) in [5, 5.41) is 3.04. The molecule has 4 heteroatoms. The summed E-state index contributed by atoms with van der Waals surface area (Å²) in [5.41, 5.74) is 0. The zero-order valence-electron chi connectivity index (χ0n) is 9.67. The Labute approximate surface area is 86.6 Å². The number of nitrogens with zero attached hydrogens (tertiary/aromatic N) is 1. The number of likely N-dealkylation sites (N-methyl/N-ethyl adjacent to an activating group) is 1. The van der Waals surface area contributed by atoms with Gasteiger partial charge >= 0.3 is 0 Å². The smallest absolute Gasteiger partial charge is 0.236 e. The number of hydrogen-bond acceptors (Lipinski definition) is 3. The molecule has 0 rings (SSSR count). The molecule has 0 radical (unpaired) electrons. The summed E-state index contributed by atoms with van der Waals surface area (Å²) < 4.78 is 4.87. The maximum atomic E-state index is 11.6. The van der Waals surface area contributed by atoms with Crippen molar-refractivity contribution in [2.45, 2.75) is 26.8 Å². The molecule has 0 aromatic carbocycles. The van der Waals surface area contributed by atoms with E-state index in [1.165, 1.54) is 0 Å². The van der Waals surface area contributed by atoms with E-state index < -0.39 is 0 Å². The third-order valence-corrected chi connectivity index (χ3v) is 2.04. The Balaban J connectivity index is 3.70. The highest BCUT2D eigenvalue weighted by atomic mass is 16.5. The lowest BCUT2D eigenvalue weighted by Gasteiger charge is -2.25. The maximum Gasteiger partial charge on any atom is 0.236 e. The highest BCUT2D eigenvalue weighted by Gasteiger charge is 2.13. The summed E-state index contributed by atoms with van der Waals surface area (Å²) in [7, 11) is 1.65. The number of methoxy groups -OCH3 is 1. The van der Waals surface area contributed by atoms with Gasteiger partial charge in [-0.1, -0.05) is 0 Å². The van der Waals surface area contributed by atoms with E-state index in [1.807, 2.05) is 25.7 Å². The Morgan fingerprint density at radius 3 is 2.57 bits per heavy atom. The molecule has 4 nitrogen and oxygen atoms in total. The van der Waals surface area contributed by atoms with Crippen LogP contribution in [-0.4, -0.2) is 50.2 Å². The van der Waals surface area contributed by atoms with Crippen molar-refractivity contribution < 1.29 is 9.53 Å². The van der Waals surface area contributed by atoms with Gasteiger partial charge < -0.3 is 15.0 Å². The molecule has 0 spiro atoms. The monoisotopic (exact) mass is 202 g/mol. The summed E-state index contributed by atoms with van der Waals surface area (Å²) in [6.45, 7) is 8.57. The van der Waals surface area contributed by atoms with Crippen LogP contribution in [0, 0.1) is 0 Å². The van der Waals surface area contributed by atoms with Gasteiger partial charge in [0, 0.05) is 26.2 Å². The van der Waals surface area contributed by atoms with E-state index in [1.54, 1.807) is 7.11 Å². The van der Waals surface area contributed by atoms with Gasteiger partial charge in [0.05, 0.1) is 13.2 Å². The number of amides is 1. The summed E-state index contributed by atoms with van der Waals surface area (Å²) in [5.74, 6) is 0.151. The summed E-state index contributed by atoms with van der Waals surface area (Å²) in [6, 6.07) is 0.275. The topological polar surface area (TPSA) is 41.6 Å². The predicted octanol–water partition coefficient (Wildman–Crippen LogP) is 0.479. The SMILES string of the molecule is CCN(C(=O)CNCCOC)C(C)C. The first kappa shape index (κ1) is 13.4. The Morgan fingerprint density at radius 2 is 2.14 bits per heavy atom. The zero-order chi connectivity index (χ0) is 11.0. The number of nitrogens with one attached hydrogen (secondary N) is 1. The van der Waals surface area contributed by atoms with E-state index in [-0.39, 0.29) is 11.9 Å². The van der Waals surface area contributed by atoms with Gasteiger partial charge in [0.15, 0.2) is 0 Å². The molecular weight excluding hydrogens is 180 g/mol. The van der Waals surface area contributed by atoms with Crippen molar-refractivity contribution >= 4 is 5.91 Å². The Bertz CT molecular complexity index is 160. The normalized spacial score (nSPS) is 10.6. The first-order valence-electron chi connectivity index (χ1n) is 5.12. The quantitative estimate of drug-likeness (QED) is 0.611. The van der Waals surface area contributed by atoms with E-state index in [0.717, 1.165) is 13.1 Å². The van der Waals surface area contributed by atoms with Crippen LogP contribution < -0.4 is 5.32 Å². The van der Waals surface area contributed by atoms with Gasteiger partial charge in [-0.05, 0) is 20.8 Å². The largest absolute Gasteiger partial charge is 0.383 e. The molecule has 0 saturated heterocycles. The van der Waals surface area contributed by atoms with E-state index >= 15 is 0 Å². The first-order valence-corrected chi connectivity index (χ1v) is 5.12. The minimum atomic E-state index is 0.151. The molecule has 0 atom stereocenters. The fourth-order valence-corrected chi connectivity index (χ4v) is 1.30. The molecule has 1 N–H and O–H groups in total. The molecule has 0 fully saturated rings. The van der Waals surface area contributed by atoms with Gasteiger partial charge in [0.2, 0.25) is 5.91 Å². The van der Waals surface area contributed by atoms with Crippen molar-refractivity contribution in [1.29, 1.82) is 0 Å². The third-order valence-electron chi connectivity index (χ3n) is 2.04. The van der Waals surface area contributed by atoms with Gasteiger partial charge in [0.1, 0.15) is 0 Å². The lowest BCUT2D eigenvalue weighted by atomic mass is 10.3. The van der Waals surface area contributed by atoms with Gasteiger partial charge in [-0.2, -0.15) is 0 Å². The van der Waals surface area contributed by atoms with Crippen LogP contribution in [0.15, 0.2) is 0 Å². The molecule has 0 saturated carbocycles. The van der Waals surface area contributed by atoms with Crippen molar-refractivity contribution in [3.63, 3.8) is 0 Å². The maximum absolute atomic E-state index is 11.6. The minimum absolute atomic E-state index is 0.151. The molecule has 0 aromatic heterocycles. The average molecular weight is 202 g/mol. The highest BCUT2D eigenvalue weighted by molar-refractivity contribution is 5.78. The highest BCUT2D eigenvalue weighted by Crippen LogP contribution is 1.96. The first-order chi connectivity index (χ1) is 6.63. The lowest BCUT2D eigenvalue weighted by molar-refractivity contribution is -0.131. The predicted molar refractivity (Wildman–Crippen MR) is 57.3 cm³/mol. The fourth-order valence-electron chi connectivity index (χ4n) is 1.30. The average Bonchev–Trinajstić information content (AvgIpc) is 2.13. The van der Waals surface area contributed by atoms with Gasteiger partial charge in [-0.15, -0.1) is 0 Å². The van der Waals surface area contributed by atoms with E-state index in [9.17, 15) is 4.79 Å². The Hall–Kier alpha value is -0.610. The van der Waals surface area contributed by atoms with Crippen LogP contribution in [0.3, 0.4) is 0 Å². The van der Waals surface area contributed by atoms with E-state index in [0.29, 0.717) is 13.2 Å². The fraction of sp³-hybridized carbons (Fsp3) is 0.900. The molecule has 0 aliphatic heterocycles. The molecule has 0 aliphatic rings. The minimum Gasteiger partial charge on any atom is -0.383 e. The summed E-state index contributed by atoms with van der Waals surface area (Å²) in [4.78, 5) is 13.4. The van der Waals surface area contributed by atoms with E-state index in [4.69, 9.17) is 4.74 Å². The molecule has 14 heavy (non-hydrogen) atoms. The standard InChI is InChI=1S/C10H22N2O2/c1-5-12(9(2)3)10(13)8-11-6-7-14-4/h9,11H,5-8H2,1-4H3. The third kappa shape index (κ3) is 5.19. The van der Waals surface area contributed by atoms with Crippen LogP contribution in [0.1, 0.15) is 20.8 Å². The van der Waals surface area contributed by atoms with Crippen LogP contribution in [0.4, 0.5) is 0 Å². The van der Waals surface area contributed by atoms with E-state index in [2.05, 4.69) is 5.32 Å². The second kappa shape index (κ2) is 7.76. The van der Waals surface area contributed by atoms with Crippen molar-refractivity contribution in [2.24, 2.45) is 0 Å². The molecule has 0 bridgehead atoms. The van der Waals surface area contributed by atoms with Gasteiger partial charge in [-0.25, -0.2) is 0 Å². The van der Waals surface area contributed by atoms with Crippen LogP contribution in [-0.2, 0) is 9.53 Å². The molecule has 84 valence electrons. The lowest BCUT2D eigenvalue weighted by Crippen LogP contribution is -2.42. The molecule has 1 amide bonds. The number of ether oxygens (including phenoxy) is 1. The van der Waals surface area contributed by atoms with Crippen molar-refractivity contribution in [2.75, 3.05) is 33.4 Å². The zero-order valence-corrected chi connectivity index (χ0v) is 9.67. The van der Waals surface area contributed by atoms with Crippen molar-refractivity contribution in [1.82, 2.24) is 10.2 Å². The van der Waals surface area contributed by atoms with Crippen LogP contribution in [0.5, 0.6) is 0 Å². The van der Waals surface area contributed by atoms with Crippen LogP contribution in [0.2, 0.25) is 0 Å². The molecular formula is C10H22N2O2. The molecule has 0 aliphatic carbocycles. The molecule has 0 aromatic rings. The van der Waals surface area contributed by atoms with Gasteiger partial charge in [0.25, 0.3) is 0 Å². The Morgan fingerprint density at radius 1 is 1.50 bits per heavy atom.